The number of hydrogen-bond donors (Lipinski definition) is 9. The number of hydrogen-bond acceptors (Lipinski definition) is 8. The van der Waals surface area contributed by atoms with E-state index in [4.69, 9.17) is 55.5 Å². The Kier molecular flexibility index (Phi) is 20.8. The molecule has 17 heteroatoms. The van der Waals surface area contributed by atoms with Gasteiger partial charge in [0.25, 0.3) is 5.97 Å². The maximum atomic E-state index is 10.5. The summed E-state index contributed by atoms with van der Waals surface area (Å²) in [4.78, 5) is 69.0. The molecular weight excluding hydrogens is 483 g/mol. The van der Waals surface area contributed by atoms with Gasteiger partial charge in [0.05, 0.1) is 24.0 Å². The SMILES string of the molecule is CC(=O)O.O=C(O)CC(O)(CC(=O)O)C(=O)O.O=C(O)O.O=C(O)c1ccccc1C(=O)O.[NaH]. The van der Waals surface area contributed by atoms with Crippen molar-refractivity contribution in [1.29, 1.82) is 0 Å². The van der Waals surface area contributed by atoms with Gasteiger partial charge in [0.2, 0.25) is 0 Å². The van der Waals surface area contributed by atoms with Crippen LogP contribution in [0.3, 0.4) is 0 Å². The van der Waals surface area contributed by atoms with Crippen molar-refractivity contribution >= 4 is 71.5 Å². The Morgan fingerprint density at radius 1 is 0.676 bits per heavy atom. The Bertz CT molecular complexity index is 809. The Morgan fingerprint density at radius 2 is 0.912 bits per heavy atom. The maximum absolute atomic E-state index is 10.5. The molecule has 0 atom stereocenters. The topological polar surface area (TPSA) is 302 Å². The molecule has 34 heavy (non-hydrogen) atoms. The predicted molar refractivity (Wildman–Crippen MR) is 109 cm³/mol. The molecule has 0 aliphatic heterocycles. The van der Waals surface area contributed by atoms with Crippen molar-refractivity contribution in [2.24, 2.45) is 0 Å². The molecule has 0 heterocycles. The number of carboxylic acid groups (broad SMARTS) is 8. The van der Waals surface area contributed by atoms with E-state index in [2.05, 4.69) is 0 Å². The molecule has 0 fully saturated rings. The quantitative estimate of drug-likeness (QED) is 0.211. The molecule has 1 aromatic rings. The first-order valence-corrected chi connectivity index (χ1v) is 7.93. The zero-order valence-electron chi connectivity index (χ0n) is 16.6. The molecule has 0 bridgehead atoms. The monoisotopic (exact) mass is 504 g/mol. The van der Waals surface area contributed by atoms with Crippen LogP contribution in [0.1, 0.15) is 40.5 Å². The van der Waals surface area contributed by atoms with Crippen molar-refractivity contribution in [2.45, 2.75) is 25.4 Å². The fraction of sp³-hybridized carbons (Fsp3) is 0.235. The van der Waals surface area contributed by atoms with Crippen molar-refractivity contribution in [3.8, 4) is 0 Å². The predicted octanol–water partition coefficient (Wildman–Crippen LogP) is -0.501. The number of aliphatic carboxylic acids is 4. The molecule has 0 aliphatic rings. The number of carbonyl (C=O) groups is 7. The number of rotatable bonds is 7. The van der Waals surface area contributed by atoms with E-state index in [1.807, 2.05) is 0 Å². The zero-order chi connectivity index (χ0) is 26.9. The van der Waals surface area contributed by atoms with Crippen LogP contribution >= 0.6 is 0 Å². The first-order chi connectivity index (χ1) is 14.9. The van der Waals surface area contributed by atoms with Gasteiger partial charge in [-0.25, -0.2) is 19.2 Å². The van der Waals surface area contributed by atoms with Crippen LogP contribution in [0.2, 0.25) is 0 Å². The van der Waals surface area contributed by atoms with Crippen LogP contribution in [0, 0.1) is 0 Å². The van der Waals surface area contributed by atoms with Crippen LogP contribution in [0.5, 0.6) is 0 Å². The molecule has 186 valence electrons. The van der Waals surface area contributed by atoms with Crippen LogP contribution in [0.25, 0.3) is 0 Å². The normalized spacial score (nSPS) is 8.88. The molecule has 0 aromatic heterocycles. The van der Waals surface area contributed by atoms with Crippen molar-refractivity contribution in [3.63, 3.8) is 0 Å². The van der Waals surface area contributed by atoms with Crippen LogP contribution in [0.15, 0.2) is 24.3 Å². The summed E-state index contributed by atoms with van der Waals surface area (Å²) < 4.78 is 0. The van der Waals surface area contributed by atoms with Gasteiger partial charge < -0.3 is 46.0 Å². The average Bonchev–Trinajstić information content (AvgIpc) is 2.59. The van der Waals surface area contributed by atoms with Gasteiger partial charge in [0, 0.05) is 6.92 Å². The summed E-state index contributed by atoms with van der Waals surface area (Å²) >= 11 is 0. The molecule has 0 unspecified atom stereocenters. The minimum absolute atomic E-state index is 0. The Balaban J connectivity index is -0.000000198. The van der Waals surface area contributed by atoms with E-state index in [1.54, 1.807) is 0 Å². The second-order valence-electron chi connectivity index (χ2n) is 5.44. The van der Waals surface area contributed by atoms with Crippen molar-refractivity contribution in [1.82, 2.24) is 0 Å². The number of aliphatic hydroxyl groups is 1. The third kappa shape index (κ3) is 21.5. The first kappa shape index (κ1) is 37.6. The summed E-state index contributed by atoms with van der Waals surface area (Å²) in [5.41, 5.74) is -3.12. The van der Waals surface area contributed by atoms with Gasteiger partial charge in [-0.05, 0) is 12.1 Å². The molecule has 0 radical (unpaired) electrons. The summed E-state index contributed by atoms with van der Waals surface area (Å²) in [7, 11) is 0. The third-order valence-electron chi connectivity index (χ3n) is 2.67. The van der Waals surface area contributed by atoms with Gasteiger partial charge in [0.1, 0.15) is 0 Å². The van der Waals surface area contributed by atoms with Crippen molar-refractivity contribution in [2.75, 3.05) is 0 Å². The summed E-state index contributed by atoms with van der Waals surface area (Å²) in [6.45, 7) is 1.08. The molecule has 0 saturated carbocycles. The molecule has 0 saturated heterocycles. The van der Waals surface area contributed by atoms with Gasteiger partial charge in [-0.3, -0.25) is 14.4 Å². The summed E-state index contributed by atoms with van der Waals surface area (Å²) in [6, 6.07) is 5.48. The second kappa shape index (κ2) is 18.8. The van der Waals surface area contributed by atoms with Gasteiger partial charge in [-0.1, -0.05) is 12.1 Å². The van der Waals surface area contributed by atoms with E-state index in [0.717, 1.165) is 6.92 Å². The van der Waals surface area contributed by atoms with Crippen molar-refractivity contribution < 1.29 is 79.5 Å². The van der Waals surface area contributed by atoms with E-state index >= 15 is 0 Å². The summed E-state index contributed by atoms with van der Waals surface area (Å²) in [5.74, 6) is -8.31. The van der Waals surface area contributed by atoms with Gasteiger partial charge in [-0.2, -0.15) is 0 Å². The Labute approximate surface area is 211 Å². The van der Waals surface area contributed by atoms with Crippen LogP contribution in [-0.4, -0.2) is 123 Å². The molecule has 16 nitrogen and oxygen atoms in total. The van der Waals surface area contributed by atoms with E-state index in [0.29, 0.717) is 0 Å². The van der Waals surface area contributed by atoms with Gasteiger partial charge in [-0.15, -0.1) is 0 Å². The fourth-order valence-electron chi connectivity index (χ4n) is 1.57. The number of benzene rings is 1. The van der Waals surface area contributed by atoms with Crippen LogP contribution in [0.4, 0.5) is 4.79 Å². The fourth-order valence-corrected chi connectivity index (χ4v) is 1.57. The second-order valence-corrected chi connectivity index (χ2v) is 5.44. The first-order valence-electron chi connectivity index (χ1n) is 7.93. The van der Waals surface area contributed by atoms with E-state index in [9.17, 15) is 24.0 Å². The van der Waals surface area contributed by atoms with Crippen LogP contribution in [-0.2, 0) is 19.2 Å². The molecule has 1 aromatic carbocycles. The van der Waals surface area contributed by atoms with Gasteiger partial charge >= 0.3 is 65.6 Å². The molecule has 0 spiro atoms. The van der Waals surface area contributed by atoms with Crippen molar-refractivity contribution in [3.05, 3.63) is 35.4 Å². The molecular formula is C17H21NaO16. The molecule has 0 aliphatic carbocycles. The molecule has 1 rings (SSSR count). The third-order valence-corrected chi connectivity index (χ3v) is 2.67. The number of aromatic carboxylic acids is 2. The van der Waals surface area contributed by atoms with Crippen LogP contribution < -0.4 is 0 Å². The standard InChI is InChI=1S/C8H6O4.C6H8O7.C2H4O2.CH2O3.Na.H/c9-7(10)5-3-1-2-4-6(5)8(11)12;7-3(8)1-6(13,5(11)12)2-4(9)10;1-2(3)4;2-1(3)4;;/h1-4H,(H,9,10)(H,11,12);13H,1-2H2,(H,7,8)(H,9,10)(H,11,12);1H3,(H,3,4);(H2,2,3,4);;. The van der Waals surface area contributed by atoms with E-state index in [-0.39, 0.29) is 40.7 Å². The summed E-state index contributed by atoms with van der Waals surface area (Å²) in [6.07, 6.45) is -4.12. The van der Waals surface area contributed by atoms with E-state index in [1.165, 1.54) is 24.3 Å². The van der Waals surface area contributed by atoms with Gasteiger partial charge in [0.15, 0.2) is 5.60 Å². The molecule has 0 amide bonds. The zero-order valence-corrected chi connectivity index (χ0v) is 16.6. The minimum atomic E-state index is -2.74. The van der Waals surface area contributed by atoms with E-state index < -0.39 is 60.4 Å². The Hall–Kier alpha value is -3.73. The number of carboxylic acids is 6. The Morgan fingerprint density at radius 3 is 1.06 bits per heavy atom. The molecule has 9 N–H and O–H groups in total. The summed E-state index contributed by atoms with van der Waals surface area (Å²) in [5, 5.41) is 72.3. The average molecular weight is 504 g/mol.